The van der Waals surface area contributed by atoms with Crippen molar-refractivity contribution in [2.45, 2.75) is 111 Å². The molecule has 12 nitrogen and oxygen atoms in total. The van der Waals surface area contributed by atoms with E-state index in [-0.39, 0.29) is 53.3 Å². The van der Waals surface area contributed by atoms with Gasteiger partial charge in [0.1, 0.15) is 0 Å². The third kappa shape index (κ3) is 13.3. The minimum Gasteiger partial charge on any atom is -0.265 e. The second-order valence-corrected chi connectivity index (χ2v) is 26.6. The van der Waals surface area contributed by atoms with Crippen molar-refractivity contribution < 1.29 is 0 Å². The summed E-state index contributed by atoms with van der Waals surface area (Å²) >= 11 is 0. The lowest BCUT2D eigenvalue weighted by Crippen LogP contribution is -2.23. The van der Waals surface area contributed by atoms with Crippen molar-refractivity contribution in [2.24, 2.45) is 0 Å². The van der Waals surface area contributed by atoms with E-state index in [1.165, 1.54) is 50.1 Å². The number of benzene rings is 1. The molecule has 468 valence electrons. The molecule has 16 rings (SSSR count). The maximum atomic E-state index is 5.15. The molecule has 3 fully saturated rings. The van der Waals surface area contributed by atoms with Gasteiger partial charge in [-0.15, -0.1) is 0 Å². The summed E-state index contributed by atoms with van der Waals surface area (Å²) in [6.45, 7) is 0. The fraction of sp³-hybridized carbons (Fsp3) is 0.214. The second kappa shape index (κ2) is 27.5. The lowest BCUT2D eigenvalue weighted by molar-refractivity contribution is 0.339. The van der Waals surface area contributed by atoms with Crippen LogP contribution in [0.2, 0.25) is 0 Å². The van der Waals surface area contributed by atoms with Crippen LogP contribution in [0.4, 0.5) is 0 Å². The van der Waals surface area contributed by atoms with E-state index in [1.807, 2.05) is 141 Å². The van der Waals surface area contributed by atoms with Gasteiger partial charge in [-0.3, -0.25) is 59.8 Å². The first kappa shape index (κ1) is 60.0. The van der Waals surface area contributed by atoms with E-state index in [9.17, 15) is 0 Å². The molecule has 1 aromatic carbocycles. The lowest BCUT2D eigenvalue weighted by atomic mass is 9.65. The summed E-state index contributed by atoms with van der Waals surface area (Å²) < 4.78 is 0. The Morgan fingerprint density at radius 2 is 0.385 bits per heavy atom. The van der Waals surface area contributed by atoms with Gasteiger partial charge in [0, 0.05) is 145 Å². The van der Waals surface area contributed by atoms with Crippen LogP contribution in [0.3, 0.4) is 0 Å². The molecule has 12 heteroatoms. The van der Waals surface area contributed by atoms with Crippen LogP contribution < -0.4 is 0 Å². The summed E-state index contributed by atoms with van der Waals surface area (Å²) in [5, 5.41) is 0. The smallest absolute Gasteiger partial charge is 0.0717 e. The van der Waals surface area contributed by atoms with Crippen molar-refractivity contribution in [2.75, 3.05) is 0 Å². The van der Waals surface area contributed by atoms with Crippen LogP contribution in [-0.2, 0) is 0 Å². The highest BCUT2D eigenvalue weighted by Gasteiger charge is 2.38. The van der Waals surface area contributed by atoms with Crippen molar-refractivity contribution in [1.82, 2.24) is 59.8 Å². The molecule has 3 aliphatic carbocycles. The number of hydrogen-bond acceptors (Lipinski definition) is 12. The summed E-state index contributed by atoms with van der Waals surface area (Å²) in [5.41, 5.74) is 23.9. The molecule has 0 amide bonds. The number of rotatable bonds is 15. The van der Waals surface area contributed by atoms with Crippen molar-refractivity contribution in [3.05, 3.63) is 325 Å². The summed E-state index contributed by atoms with van der Waals surface area (Å²) in [7, 11) is 0. The summed E-state index contributed by atoms with van der Waals surface area (Å²) in [6, 6.07) is 59.6. The van der Waals surface area contributed by atoms with Crippen LogP contribution >= 0.6 is 0 Å². The molecule has 7 unspecified atom stereocenters. The maximum Gasteiger partial charge on any atom is 0.0717 e. The Kier molecular flexibility index (Phi) is 17.2. The van der Waals surface area contributed by atoms with Gasteiger partial charge in [-0.25, -0.2) is 0 Å². The topological polar surface area (TPSA) is 155 Å². The zero-order valence-corrected chi connectivity index (χ0v) is 53.4. The van der Waals surface area contributed by atoms with Crippen molar-refractivity contribution in [1.29, 1.82) is 0 Å². The quantitative estimate of drug-likeness (QED) is 0.0959. The number of pyridine rings is 12. The Hall–Kier alpha value is -11.0. The van der Waals surface area contributed by atoms with Crippen LogP contribution in [-0.4, -0.2) is 59.8 Å². The molecule has 3 aliphatic rings. The molecule has 3 saturated carbocycles. The first-order chi connectivity index (χ1) is 47.5. The fourth-order valence-electron chi connectivity index (χ4n) is 15.8. The average molecular weight is 1250 g/mol. The van der Waals surface area contributed by atoms with Gasteiger partial charge in [-0.05, 0) is 270 Å². The fourth-order valence-corrected chi connectivity index (χ4v) is 15.8. The Bertz CT molecular complexity index is 3910. The van der Waals surface area contributed by atoms with E-state index in [2.05, 4.69) is 164 Å². The van der Waals surface area contributed by atoms with E-state index >= 15 is 0 Å². The van der Waals surface area contributed by atoms with Crippen LogP contribution in [0, 0.1) is 0 Å². The van der Waals surface area contributed by atoms with E-state index in [4.69, 9.17) is 29.9 Å². The number of aromatic nitrogens is 12. The SMILES string of the molecule is c1cncc(-c2ccc(C3CC(c4ccc(-c5ccncc5)nc4)CC(c4cc(C5CC(c6ccc(-c7ccncc7)nc6)CC(c6ccc(-c7ccncc7)nc6)C5)cc(C5CC(c6ccc(-c7ccncc7)nc6)CC(c6ccc(-c7ccncc7)nc6)C5)c4)C3)cn2)c1. The highest BCUT2D eigenvalue weighted by Crippen LogP contribution is 2.54. The Labute approximate surface area is 560 Å². The van der Waals surface area contributed by atoms with Gasteiger partial charge >= 0.3 is 0 Å². The molecular formula is C84H72N12. The average Bonchev–Trinajstić information content (AvgIpc) is 0.787. The molecule has 0 radical (unpaired) electrons. The summed E-state index contributed by atoms with van der Waals surface area (Å²) in [5.74, 6) is 2.22. The summed E-state index contributed by atoms with van der Waals surface area (Å²) in [6.07, 6.45) is 44.0. The minimum absolute atomic E-state index is 0.236. The monoisotopic (exact) mass is 1250 g/mol. The zero-order valence-electron chi connectivity index (χ0n) is 53.4. The molecule has 0 spiro atoms. The molecule has 12 heterocycles. The Balaban J connectivity index is 0.818. The lowest BCUT2D eigenvalue weighted by Gasteiger charge is -2.39. The van der Waals surface area contributed by atoms with Crippen LogP contribution in [0.1, 0.15) is 161 Å². The molecular weight excluding hydrogens is 1180 g/mol. The Morgan fingerprint density at radius 3 is 0.573 bits per heavy atom. The zero-order chi connectivity index (χ0) is 64.0. The van der Waals surface area contributed by atoms with Gasteiger partial charge in [-0.2, -0.15) is 0 Å². The predicted octanol–water partition coefficient (Wildman–Crippen LogP) is 18.9. The van der Waals surface area contributed by atoms with Crippen molar-refractivity contribution in [3.8, 4) is 67.5 Å². The molecule has 0 bridgehead atoms. The van der Waals surface area contributed by atoms with Crippen LogP contribution in [0.25, 0.3) is 67.5 Å². The van der Waals surface area contributed by atoms with Gasteiger partial charge in [0.25, 0.3) is 0 Å². The van der Waals surface area contributed by atoms with Gasteiger partial charge in [-0.1, -0.05) is 54.6 Å². The number of hydrogen-bond donors (Lipinski definition) is 0. The predicted molar refractivity (Wildman–Crippen MR) is 377 cm³/mol. The molecule has 12 aromatic heterocycles. The van der Waals surface area contributed by atoms with E-state index in [0.29, 0.717) is 0 Å². The normalized spacial score (nSPS) is 21.1. The standard InChI is InChI=1S/C84H72N12/c1-2-66(48-90-25-1)84-14-8-65(54-96-84)72-38-71(64-7-13-83(95-53-64)59-23-34-89-35-24-59)43-75(44-72)78-46-76(73-39-67(60-3-9-79(91-49-60)55-15-26-85-27-16-55)36-68(40-73)61-4-10-80(92-50-61)56-17-28-86-29-18-56)45-77(47-78)74-41-69(62-5-11-81(93-51-62)57-19-30-87-31-20-57)37-70(42-74)63-6-12-82(94-52-63)58-21-32-88-33-22-58/h1-35,45-54,67-75H,36-44H2. The first-order valence-corrected chi connectivity index (χ1v) is 33.8. The molecule has 0 aliphatic heterocycles. The van der Waals surface area contributed by atoms with Gasteiger partial charge in [0.15, 0.2) is 0 Å². The molecule has 13 aromatic rings. The van der Waals surface area contributed by atoms with Gasteiger partial charge in [0.05, 0.1) is 34.2 Å². The van der Waals surface area contributed by atoms with Crippen LogP contribution in [0.5, 0.6) is 0 Å². The van der Waals surface area contributed by atoms with Crippen molar-refractivity contribution in [3.63, 3.8) is 0 Å². The van der Waals surface area contributed by atoms with Gasteiger partial charge in [0.2, 0.25) is 0 Å². The summed E-state index contributed by atoms with van der Waals surface area (Å²) in [4.78, 5) is 56.8. The first-order valence-electron chi connectivity index (χ1n) is 33.8. The third-order valence-corrected chi connectivity index (χ3v) is 20.9. The molecule has 0 N–H and O–H groups in total. The van der Waals surface area contributed by atoms with E-state index in [1.54, 1.807) is 0 Å². The third-order valence-electron chi connectivity index (χ3n) is 20.9. The second-order valence-electron chi connectivity index (χ2n) is 26.6. The molecule has 7 atom stereocenters. The highest BCUT2D eigenvalue weighted by atomic mass is 14.7. The Morgan fingerprint density at radius 1 is 0.177 bits per heavy atom. The van der Waals surface area contributed by atoms with Crippen molar-refractivity contribution >= 4 is 0 Å². The van der Waals surface area contributed by atoms with E-state index < -0.39 is 0 Å². The van der Waals surface area contributed by atoms with Crippen LogP contribution in [0.15, 0.2) is 275 Å². The van der Waals surface area contributed by atoms with E-state index in [0.717, 1.165) is 125 Å². The number of nitrogens with zero attached hydrogens (tertiary/aromatic N) is 12. The maximum absolute atomic E-state index is 5.15. The van der Waals surface area contributed by atoms with Gasteiger partial charge < -0.3 is 0 Å². The largest absolute Gasteiger partial charge is 0.265 e. The minimum atomic E-state index is 0.236. The molecule has 0 saturated heterocycles. The molecule has 96 heavy (non-hydrogen) atoms. The highest BCUT2D eigenvalue weighted by molar-refractivity contribution is 5.63.